The number of aryl methyl sites for hydroxylation is 1. The molecule has 0 saturated heterocycles. The van der Waals surface area contributed by atoms with Gasteiger partial charge in [-0.2, -0.15) is 0 Å². The highest BCUT2D eigenvalue weighted by molar-refractivity contribution is 6.08. The second kappa shape index (κ2) is 12.6. The predicted molar refractivity (Wildman–Crippen MR) is 142 cm³/mol. The van der Waals surface area contributed by atoms with E-state index < -0.39 is 0 Å². The molecule has 0 unspecified atom stereocenters. The van der Waals surface area contributed by atoms with Crippen LogP contribution in [0.15, 0.2) is 97.2 Å². The minimum Gasteiger partial charge on any atom is -0.385 e. The Kier molecular flexibility index (Phi) is 9.92. The van der Waals surface area contributed by atoms with Crippen LogP contribution in [0.1, 0.15) is 21.6 Å². The van der Waals surface area contributed by atoms with Gasteiger partial charge in [0.2, 0.25) is 0 Å². The van der Waals surface area contributed by atoms with Crippen molar-refractivity contribution in [2.45, 2.75) is 13.3 Å². The average molecular weight is 480 g/mol. The van der Waals surface area contributed by atoms with Crippen molar-refractivity contribution < 1.29 is 4.79 Å². The Morgan fingerprint density at radius 3 is 2.15 bits per heavy atom. The van der Waals surface area contributed by atoms with Crippen molar-refractivity contribution in [1.82, 2.24) is 4.98 Å². The molecule has 0 aliphatic rings. The Bertz CT molecular complexity index is 1150. The van der Waals surface area contributed by atoms with Gasteiger partial charge in [0.1, 0.15) is 0 Å². The fraction of sp³-hybridized carbons (Fsp3) is 0.111. The highest BCUT2D eigenvalue weighted by atomic mass is 35.5. The SMILES string of the molecule is Cc1ccc(-c2ccccc2C(=O)Nc2ccc(NCCc3ccccn3)cc2)cc1.Cl.Cl. The third-order valence-corrected chi connectivity index (χ3v) is 5.11. The largest absolute Gasteiger partial charge is 0.385 e. The Labute approximate surface area is 207 Å². The van der Waals surface area contributed by atoms with E-state index in [1.54, 1.807) is 0 Å². The molecule has 2 N–H and O–H groups in total. The van der Waals surface area contributed by atoms with Gasteiger partial charge < -0.3 is 10.6 Å². The summed E-state index contributed by atoms with van der Waals surface area (Å²) in [5.74, 6) is -0.118. The van der Waals surface area contributed by atoms with E-state index >= 15 is 0 Å². The summed E-state index contributed by atoms with van der Waals surface area (Å²) in [6, 6.07) is 29.6. The highest BCUT2D eigenvalue weighted by Crippen LogP contribution is 2.25. The van der Waals surface area contributed by atoms with E-state index in [1.807, 2.05) is 85.1 Å². The van der Waals surface area contributed by atoms with Gasteiger partial charge in [-0.05, 0) is 60.5 Å². The predicted octanol–water partition coefficient (Wildman–Crippen LogP) is 6.81. The molecule has 0 saturated carbocycles. The number of hydrogen-bond donors (Lipinski definition) is 2. The molecule has 0 aliphatic carbocycles. The summed E-state index contributed by atoms with van der Waals surface area (Å²) < 4.78 is 0. The molecule has 0 radical (unpaired) electrons. The average Bonchev–Trinajstić information content (AvgIpc) is 2.81. The molecule has 170 valence electrons. The maximum atomic E-state index is 13.0. The van der Waals surface area contributed by atoms with Gasteiger partial charge in [0.05, 0.1) is 0 Å². The lowest BCUT2D eigenvalue weighted by Gasteiger charge is -2.12. The van der Waals surface area contributed by atoms with Crippen LogP contribution in [0.2, 0.25) is 0 Å². The second-order valence-corrected chi connectivity index (χ2v) is 7.44. The maximum absolute atomic E-state index is 13.0. The molecule has 1 aromatic heterocycles. The smallest absolute Gasteiger partial charge is 0.256 e. The first-order valence-corrected chi connectivity index (χ1v) is 10.4. The third kappa shape index (κ3) is 7.07. The van der Waals surface area contributed by atoms with Crippen LogP contribution in [0.25, 0.3) is 11.1 Å². The van der Waals surface area contributed by atoms with Crippen molar-refractivity contribution in [3.63, 3.8) is 0 Å². The zero-order valence-electron chi connectivity index (χ0n) is 18.3. The Hall–Kier alpha value is -3.34. The third-order valence-electron chi connectivity index (χ3n) is 5.11. The maximum Gasteiger partial charge on any atom is 0.256 e. The van der Waals surface area contributed by atoms with Gasteiger partial charge in [-0.25, -0.2) is 0 Å². The molecular weight excluding hydrogens is 453 g/mol. The van der Waals surface area contributed by atoms with Gasteiger partial charge in [-0.1, -0.05) is 54.1 Å². The number of nitrogens with zero attached hydrogens (tertiary/aromatic N) is 1. The number of rotatable bonds is 7. The van der Waals surface area contributed by atoms with Gasteiger partial charge in [0.15, 0.2) is 0 Å². The van der Waals surface area contributed by atoms with Gasteiger partial charge in [0.25, 0.3) is 5.91 Å². The van der Waals surface area contributed by atoms with Crippen molar-refractivity contribution in [2.24, 2.45) is 0 Å². The quantitative estimate of drug-likeness (QED) is 0.306. The molecule has 0 fully saturated rings. The van der Waals surface area contributed by atoms with Crippen molar-refractivity contribution in [3.8, 4) is 11.1 Å². The van der Waals surface area contributed by atoms with Crippen LogP contribution in [0.3, 0.4) is 0 Å². The number of amides is 1. The van der Waals surface area contributed by atoms with Gasteiger partial charge in [-0.15, -0.1) is 24.8 Å². The summed E-state index contributed by atoms with van der Waals surface area (Å²) in [6.45, 7) is 2.85. The Morgan fingerprint density at radius 1 is 0.788 bits per heavy atom. The van der Waals surface area contributed by atoms with E-state index in [2.05, 4.69) is 34.7 Å². The number of carbonyl (C=O) groups is 1. The van der Waals surface area contributed by atoms with Crippen LogP contribution < -0.4 is 10.6 Å². The molecule has 33 heavy (non-hydrogen) atoms. The van der Waals surface area contributed by atoms with Crippen LogP contribution in [0.5, 0.6) is 0 Å². The number of anilines is 2. The van der Waals surface area contributed by atoms with Crippen LogP contribution in [-0.2, 0) is 6.42 Å². The second-order valence-electron chi connectivity index (χ2n) is 7.44. The molecule has 0 aliphatic heterocycles. The number of benzene rings is 3. The fourth-order valence-corrected chi connectivity index (χ4v) is 3.42. The number of halogens is 2. The zero-order valence-corrected chi connectivity index (χ0v) is 20.0. The molecule has 4 nitrogen and oxygen atoms in total. The van der Waals surface area contributed by atoms with E-state index in [0.717, 1.165) is 41.2 Å². The van der Waals surface area contributed by atoms with E-state index in [0.29, 0.717) is 5.56 Å². The normalized spacial score (nSPS) is 9.85. The molecule has 4 rings (SSSR count). The number of nitrogens with one attached hydrogen (secondary N) is 2. The minimum atomic E-state index is -0.118. The Balaban J connectivity index is 0.00000193. The van der Waals surface area contributed by atoms with Crippen LogP contribution in [0.4, 0.5) is 11.4 Å². The number of hydrogen-bond acceptors (Lipinski definition) is 3. The first kappa shape index (κ1) is 25.9. The summed E-state index contributed by atoms with van der Waals surface area (Å²) in [4.78, 5) is 17.3. The van der Waals surface area contributed by atoms with Gasteiger partial charge >= 0.3 is 0 Å². The zero-order chi connectivity index (χ0) is 21.5. The summed E-state index contributed by atoms with van der Waals surface area (Å²) >= 11 is 0. The molecule has 1 amide bonds. The Morgan fingerprint density at radius 2 is 1.45 bits per heavy atom. The first-order valence-electron chi connectivity index (χ1n) is 10.4. The van der Waals surface area contributed by atoms with E-state index in [9.17, 15) is 4.79 Å². The summed E-state index contributed by atoms with van der Waals surface area (Å²) in [7, 11) is 0. The van der Waals surface area contributed by atoms with Crippen molar-refractivity contribution in [2.75, 3.05) is 17.2 Å². The number of carbonyl (C=O) groups excluding carboxylic acids is 1. The van der Waals surface area contributed by atoms with Crippen LogP contribution in [-0.4, -0.2) is 17.4 Å². The molecule has 0 atom stereocenters. The topological polar surface area (TPSA) is 54.0 Å². The lowest BCUT2D eigenvalue weighted by molar-refractivity contribution is 0.102. The molecule has 4 aromatic rings. The van der Waals surface area contributed by atoms with Crippen LogP contribution in [0, 0.1) is 6.92 Å². The monoisotopic (exact) mass is 479 g/mol. The molecule has 0 bridgehead atoms. The summed E-state index contributed by atoms with van der Waals surface area (Å²) in [5, 5.41) is 6.40. The van der Waals surface area contributed by atoms with Crippen molar-refractivity contribution >= 4 is 42.1 Å². The van der Waals surface area contributed by atoms with Gasteiger partial charge in [-0.3, -0.25) is 9.78 Å². The molecule has 6 heteroatoms. The van der Waals surface area contributed by atoms with E-state index in [4.69, 9.17) is 0 Å². The summed E-state index contributed by atoms with van der Waals surface area (Å²) in [5.41, 5.74) is 6.64. The minimum absolute atomic E-state index is 0. The van der Waals surface area contributed by atoms with Crippen molar-refractivity contribution in [3.05, 3.63) is 114 Å². The molecule has 0 spiro atoms. The standard InChI is InChI=1S/C27H25N3O.2ClH/c1-20-9-11-21(12-10-20)25-7-2-3-8-26(25)27(31)30-24-15-13-23(14-16-24)29-19-17-22-6-4-5-18-28-22;;/h2-16,18,29H,17,19H2,1H3,(H,30,31);2*1H. The van der Waals surface area contributed by atoms with Gasteiger partial charge in [0, 0.05) is 41.8 Å². The van der Waals surface area contributed by atoms with Crippen LogP contribution >= 0.6 is 24.8 Å². The van der Waals surface area contributed by atoms with E-state index in [1.165, 1.54) is 5.56 Å². The lowest BCUT2D eigenvalue weighted by atomic mass is 9.98. The molecule has 3 aromatic carbocycles. The molecule has 1 heterocycles. The lowest BCUT2D eigenvalue weighted by Crippen LogP contribution is -2.13. The summed E-state index contributed by atoms with van der Waals surface area (Å²) in [6.07, 6.45) is 2.67. The highest BCUT2D eigenvalue weighted by Gasteiger charge is 2.12. The van der Waals surface area contributed by atoms with Crippen molar-refractivity contribution in [1.29, 1.82) is 0 Å². The number of pyridine rings is 1. The molecular formula is C27H27Cl2N3O. The van der Waals surface area contributed by atoms with E-state index in [-0.39, 0.29) is 30.7 Å². The fourth-order valence-electron chi connectivity index (χ4n) is 3.42. The number of aromatic nitrogens is 1. The first-order chi connectivity index (χ1) is 15.2.